The molecule has 4 nitrogen and oxygen atoms in total. The molecule has 1 unspecified atom stereocenters. The Bertz CT molecular complexity index is 1180. The molecule has 2 aromatic rings. The number of fused-ring (bicyclic) bond motifs is 2. The van der Waals surface area contributed by atoms with Crippen LogP contribution in [-0.4, -0.2) is 18.7 Å². The number of ether oxygens (including phenoxy) is 1. The summed E-state index contributed by atoms with van der Waals surface area (Å²) in [6.45, 7) is 2.17. The number of alkyl halides is 3. The number of nitriles is 1. The van der Waals surface area contributed by atoms with Crippen LogP contribution in [0.4, 0.5) is 13.2 Å². The summed E-state index contributed by atoms with van der Waals surface area (Å²) in [6.07, 6.45) is 1.26. The van der Waals surface area contributed by atoms with Crippen LogP contribution in [0.3, 0.4) is 0 Å². The molecular weight excluding hydrogens is 465 g/mol. The molecule has 0 saturated heterocycles. The first-order valence-electron chi connectivity index (χ1n) is 12.6. The van der Waals surface area contributed by atoms with Gasteiger partial charge in [0.1, 0.15) is 17.4 Å². The van der Waals surface area contributed by atoms with Gasteiger partial charge in [0, 0.05) is 12.8 Å². The third kappa shape index (κ3) is 5.75. The number of nitrogens with one attached hydrogen (secondary N) is 1. The number of unbranched alkanes of at least 4 members (excludes halogenated alkanes) is 2. The summed E-state index contributed by atoms with van der Waals surface area (Å²) in [7, 11) is 0. The van der Waals surface area contributed by atoms with E-state index in [9.17, 15) is 23.2 Å². The number of benzene rings is 2. The van der Waals surface area contributed by atoms with Gasteiger partial charge in [0.2, 0.25) is 0 Å². The van der Waals surface area contributed by atoms with Crippen LogP contribution >= 0.6 is 0 Å². The number of carbonyl (C=O) groups excluding carboxylic acids is 1. The molecule has 0 bridgehead atoms. The highest BCUT2D eigenvalue weighted by Crippen LogP contribution is 2.47. The van der Waals surface area contributed by atoms with Crippen molar-refractivity contribution in [2.24, 2.45) is 0 Å². The molecule has 1 spiro atoms. The van der Waals surface area contributed by atoms with Crippen molar-refractivity contribution < 1.29 is 22.7 Å². The highest BCUT2D eigenvalue weighted by atomic mass is 19.4. The third-order valence-electron chi connectivity index (χ3n) is 7.13. The molecule has 1 aliphatic carbocycles. The van der Waals surface area contributed by atoms with Gasteiger partial charge >= 0.3 is 6.18 Å². The van der Waals surface area contributed by atoms with Crippen molar-refractivity contribution in [1.29, 1.82) is 5.26 Å². The van der Waals surface area contributed by atoms with E-state index in [1.54, 1.807) is 6.07 Å². The number of nitrogens with zero attached hydrogens (tertiary/aromatic N) is 1. The van der Waals surface area contributed by atoms with Crippen LogP contribution in [0.5, 0.6) is 5.75 Å². The third-order valence-corrected chi connectivity index (χ3v) is 7.13. The molecule has 190 valence electrons. The molecule has 36 heavy (non-hydrogen) atoms. The average molecular weight is 497 g/mol. The van der Waals surface area contributed by atoms with E-state index in [4.69, 9.17) is 4.74 Å². The molecule has 7 heteroatoms. The lowest BCUT2D eigenvalue weighted by atomic mass is 9.78. The first-order chi connectivity index (χ1) is 17.2. The van der Waals surface area contributed by atoms with Gasteiger partial charge in [-0.25, -0.2) is 0 Å². The van der Waals surface area contributed by atoms with Gasteiger partial charge in [-0.05, 0) is 72.1 Å². The number of amides is 1. The van der Waals surface area contributed by atoms with Crippen LogP contribution in [0.25, 0.3) is 5.57 Å². The Labute approximate surface area is 210 Å². The van der Waals surface area contributed by atoms with Crippen molar-refractivity contribution in [2.75, 3.05) is 6.61 Å². The lowest BCUT2D eigenvalue weighted by Gasteiger charge is -2.37. The number of hydrogen-bond donors (Lipinski definition) is 1. The molecule has 1 N–H and O–H groups in total. The van der Waals surface area contributed by atoms with Gasteiger partial charge in [-0.2, -0.15) is 18.4 Å². The minimum atomic E-state index is -4.18. The molecule has 0 radical (unpaired) electrons. The van der Waals surface area contributed by atoms with Gasteiger partial charge in [-0.1, -0.05) is 50.1 Å². The summed E-state index contributed by atoms with van der Waals surface area (Å²) in [5, 5.41) is 12.8. The summed E-state index contributed by atoms with van der Waals surface area (Å²) in [5.74, 6) is 0.161. The first kappa shape index (κ1) is 25.8. The molecule has 0 aromatic heterocycles. The minimum absolute atomic E-state index is 0.00691. The van der Waals surface area contributed by atoms with Crippen LogP contribution in [0.1, 0.15) is 74.1 Å². The topological polar surface area (TPSA) is 62.1 Å². The Morgan fingerprint density at radius 2 is 1.89 bits per heavy atom. The van der Waals surface area contributed by atoms with Crippen molar-refractivity contribution in [3.63, 3.8) is 0 Å². The largest absolute Gasteiger partial charge is 0.494 e. The lowest BCUT2D eigenvalue weighted by Crippen LogP contribution is -2.48. The van der Waals surface area contributed by atoms with Gasteiger partial charge in [0.15, 0.2) is 0 Å². The quantitative estimate of drug-likeness (QED) is 0.389. The Morgan fingerprint density at radius 3 is 2.58 bits per heavy atom. The highest BCUT2D eigenvalue weighted by Gasteiger charge is 2.45. The summed E-state index contributed by atoms with van der Waals surface area (Å²) < 4.78 is 42.7. The molecular formula is C29H31F3N2O2. The fraction of sp³-hybridized carbons (Fsp3) is 0.448. The molecule has 1 amide bonds. The van der Waals surface area contributed by atoms with Crippen LogP contribution in [0.2, 0.25) is 0 Å². The van der Waals surface area contributed by atoms with Crippen LogP contribution in [-0.2, 0) is 23.2 Å². The standard InChI is InChI=1S/C29H31F3N2O2/c1-2-3-4-6-20-7-9-21(10-8-20)24-18-28(34-27(35)25(24)19-33)15-13-22-17-23(11-12-26(22)28)36-16-5-14-29(30,31)32/h7-12,17H,2-6,13-16,18H2,1H3,(H,34,35). The van der Waals surface area contributed by atoms with Crippen molar-refractivity contribution in [2.45, 2.75) is 76.4 Å². The molecule has 2 aromatic carbocycles. The Hall–Kier alpha value is -3.27. The molecule has 0 saturated carbocycles. The summed E-state index contributed by atoms with van der Waals surface area (Å²) in [6, 6.07) is 15.8. The Morgan fingerprint density at radius 1 is 1.11 bits per heavy atom. The zero-order chi connectivity index (χ0) is 25.8. The molecule has 4 rings (SSSR count). The number of halogens is 3. The normalized spacial score (nSPS) is 19.2. The second-order valence-electron chi connectivity index (χ2n) is 9.72. The first-order valence-corrected chi connectivity index (χ1v) is 12.6. The monoisotopic (exact) mass is 496 g/mol. The van der Waals surface area contributed by atoms with E-state index in [0.717, 1.165) is 35.1 Å². The van der Waals surface area contributed by atoms with Crippen molar-refractivity contribution in [3.05, 3.63) is 70.3 Å². The summed E-state index contributed by atoms with van der Waals surface area (Å²) >= 11 is 0. The Kier molecular flexibility index (Phi) is 7.73. The predicted molar refractivity (Wildman–Crippen MR) is 132 cm³/mol. The van der Waals surface area contributed by atoms with Crippen LogP contribution in [0.15, 0.2) is 48.0 Å². The smallest absolute Gasteiger partial charge is 0.389 e. The molecule has 2 aliphatic rings. The van der Waals surface area contributed by atoms with Gasteiger partial charge < -0.3 is 10.1 Å². The number of aryl methyl sites for hydroxylation is 2. The minimum Gasteiger partial charge on any atom is -0.494 e. The predicted octanol–water partition coefficient (Wildman–Crippen LogP) is 6.78. The van der Waals surface area contributed by atoms with E-state index in [1.165, 1.54) is 18.4 Å². The van der Waals surface area contributed by atoms with Gasteiger partial charge in [-0.15, -0.1) is 0 Å². The maximum absolute atomic E-state index is 13.0. The van der Waals surface area contributed by atoms with E-state index in [-0.39, 0.29) is 24.5 Å². The second-order valence-corrected chi connectivity index (χ2v) is 9.72. The highest BCUT2D eigenvalue weighted by molar-refractivity contribution is 6.07. The second kappa shape index (κ2) is 10.8. The zero-order valence-corrected chi connectivity index (χ0v) is 20.5. The number of carbonyl (C=O) groups is 1. The molecule has 1 aliphatic heterocycles. The van der Waals surface area contributed by atoms with E-state index in [2.05, 4.69) is 30.4 Å². The van der Waals surface area contributed by atoms with Crippen molar-refractivity contribution in [3.8, 4) is 11.8 Å². The van der Waals surface area contributed by atoms with Gasteiger partial charge in [0.25, 0.3) is 5.91 Å². The van der Waals surface area contributed by atoms with E-state index in [1.807, 2.05) is 24.3 Å². The molecule has 0 fully saturated rings. The van der Waals surface area contributed by atoms with Crippen molar-refractivity contribution >= 4 is 11.5 Å². The summed E-state index contributed by atoms with van der Waals surface area (Å²) in [4.78, 5) is 13.0. The number of hydrogen-bond acceptors (Lipinski definition) is 3. The fourth-order valence-electron chi connectivity index (χ4n) is 5.26. The lowest BCUT2D eigenvalue weighted by molar-refractivity contribution is -0.136. The van der Waals surface area contributed by atoms with Crippen LogP contribution < -0.4 is 10.1 Å². The van der Waals surface area contributed by atoms with Crippen molar-refractivity contribution in [1.82, 2.24) is 5.32 Å². The van der Waals surface area contributed by atoms with Crippen LogP contribution in [0, 0.1) is 11.3 Å². The maximum atomic E-state index is 13.0. The zero-order valence-electron chi connectivity index (χ0n) is 20.5. The van der Waals surface area contributed by atoms with E-state index in [0.29, 0.717) is 25.0 Å². The maximum Gasteiger partial charge on any atom is 0.389 e. The van der Waals surface area contributed by atoms with Gasteiger partial charge in [-0.3, -0.25) is 4.79 Å². The van der Waals surface area contributed by atoms with E-state index >= 15 is 0 Å². The molecule has 1 heterocycles. The van der Waals surface area contributed by atoms with Gasteiger partial charge in [0.05, 0.1) is 12.1 Å². The van der Waals surface area contributed by atoms with E-state index < -0.39 is 18.1 Å². The average Bonchev–Trinajstić information content (AvgIpc) is 3.18. The fourth-order valence-corrected chi connectivity index (χ4v) is 5.26. The number of rotatable bonds is 9. The molecule has 1 atom stereocenters. The SMILES string of the molecule is CCCCCc1ccc(C2=C(C#N)C(=O)NC3(CCc4cc(OCCCC(F)(F)F)ccc43)C2)cc1. The summed E-state index contributed by atoms with van der Waals surface area (Å²) in [5.41, 5.74) is 4.41. The Balaban J connectivity index is 1.53.